The van der Waals surface area contributed by atoms with Crippen molar-refractivity contribution < 1.29 is 4.74 Å². The van der Waals surface area contributed by atoms with Crippen LogP contribution >= 0.6 is 0 Å². The highest BCUT2D eigenvalue weighted by atomic mass is 16.5. The van der Waals surface area contributed by atoms with Crippen LogP contribution in [-0.2, 0) is 10.2 Å². The number of nitrogens with two attached hydrogens (primary N) is 1. The highest BCUT2D eigenvalue weighted by molar-refractivity contribution is 5.49. The maximum absolute atomic E-state index is 5.67. The first-order valence-corrected chi connectivity index (χ1v) is 6.68. The Morgan fingerprint density at radius 1 is 1.28 bits per heavy atom. The van der Waals surface area contributed by atoms with Gasteiger partial charge in [-0.25, -0.2) is 0 Å². The van der Waals surface area contributed by atoms with Crippen LogP contribution in [0.3, 0.4) is 0 Å². The van der Waals surface area contributed by atoms with Crippen molar-refractivity contribution in [2.24, 2.45) is 5.73 Å². The zero-order valence-electron chi connectivity index (χ0n) is 11.6. The van der Waals surface area contributed by atoms with E-state index >= 15 is 0 Å². The van der Waals surface area contributed by atoms with E-state index in [9.17, 15) is 0 Å². The minimum atomic E-state index is 0.168. The Kier molecular flexibility index (Phi) is 3.93. The van der Waals surface area contributed by atoms with E-state index in [0.29, 0.717) is 6.54 Å². The van der Waals surface area contributed by atoms with Crippen LogP contribution in [0.5, 0.6) is 0 Å². The van der Waals surface area contributed by atoms with Gasteiger partial charge in [-0.3, -0.25) is 0 Å². The van der Waals surface area contributed by atoms with Crippen molar-refractivity contribution in [1.29, 1.82) is 0 Å². The van der Waals surface area contributed by atoms with Gasteiger partial charge in [0.15, 0.2) is 0 Å². The number of hydrogen-bond acceptors (Lipinski definition) is 3. The monoisotopic (exact) mass is 248 g/mol. The Bertz CT molecular complexity index is 380. The van der Waals surface area contributed by atoms with Gasteiger partial charge in [0, 0.05) is 25.3 Å². The molecule has 1 fully saturated rings. The van der Waals surface area contributed by atoms with E-state index in [0.717, 1.165) is 19.7 Å². The Hall–Kier alpha value is -1.06. The van der Waals surface area contributed by atoms with Gasteiger partial charge in [0.05, 0.1) is 12.7 Å². The fourth-order valence-corrected chi connectivity index (χ4v) is 2.27. The number of benzene rings is 1. The third kappa shape index (κ3) is 3.03. The summed E-state index contributed by atoms with van der Waals surface area (Å²) in [5, 5.41) is 0. The summed E-state index contributed by atoms with van der Waals surface area (Å²) in [6.07, 6.45) is 0.168. The van der Waals surface area contributed by atoms with Crippen molar-refractivity contribution in [3.05, 3.63) is 29.8 Å². The first-order valence-electron chi connectivity index (χ1n) is 6.68. The molecule has 1 saturated heterocycles. The first-order chi connectivity index (χ1) is 8.50. The molecule has 1 unspecified atom stereocenters. The third-order valence-corrected chi connectivity index (χ3v) is 3.50. The molecule has 1 aliphatic heterocycles. The fraction of sp³-hybridized carbons (Fsp3) is 0.600. The number of hydrogen-bond donors (Lipinski definition) is 1. The van der Waals surface area contributed by atoms with Crippen molar-refractivity contribution in [2.45, 2.75) is 32.3 Å². The first kappa shape index (κ1) is 13.4. The second-order valence-electron chi connectivity index (χ2n) is 5.97. The largest absolute Gasteiger partial charge is 0.373 e. The van der Waals surface area contributed by atoms with Gasteiger partial charge in [-0.05, 0) is 23.1 Å². The molecule has 1 aliphatic rings. The van der Waals surface area contributed by atoms with Gasteiger partial charge in [-0.1, -0.05) is 32.9 Å². The standard InChI is InChI=1S/C15H24N2O/c1-15(2,3)12-4-6-13(7-5-12)17-8-9-18-14(10-16)11-17/h4-7,14H,8-11,16H2,1-3H3. The molecule has 1 aromatic rings. The van der Waals surface area contributed by atoms with Crippen LogP contribution in [0.25, 0.3) is 0 Å². The minimum absolute atomic E-state index is 0.168. The van der Waals surface area contributed by atoms with E-state index in [1.807, 2.05) is 0 Å². The van der Waals surface area contributed by atoms with Crippen molar-refractivity contribution in [3.63, 3.8) is 0 Å². The summed E-state index contributed by atoms with van der Waals surface area (Å²) >= 11 is 0. The van der Waals surface area contributed by atoms with Crippen LogP contribution in [0.4, 0.5) is 5.69 Å². The van der Waals surface area contributed by atoms with Crippen molar-refractivity contribution in [3.8, 4) is 0 Å². The summed E-state index contributed by atoms with van der Waals surface area (Å²) in [7, 11) is 0. The van der Waals surface area contributed by atoms with Crippen LogP contribution in [0.2, 0.25) is 0 Å². The summed E-state index contributed by atoms with van der Waals surface area (Å²) in [4.78, 5) is 2.35. The van der Waals surface area contributed by atoms with Crippen LogP contribution in [-0.4, -0.2) is 32.3 Å². The van der Waals surface area contributed by atoms with E-state index in [1.54, 1.807) is 0 Å². The predicted molar refractivity (Wildman–Crippen MR) is 76.1 cm³/mol. The smallest absolute Gasteiger partial charge is 0.0872 e. The van der Waals surface area contributed by atoms with Crippen molar-refractivity contribution in [1.82, 2.24) is 0 Å². The predicted octanol–water partition coefficient (Wildman–Crippen LogP) is 2.15. The molecule has 2 N–H and O–H groups in total. The molecule has 100 valence electrons. The highest BCUT2D eigenvalue weighted by Gasteiger charge is 2.20. The molecule has 1 atom stereocenters. The van der Waals surface area contributed by atoms with Gasteiger partial charge in [-0.15, -0.1) is 0 Å². The van der Waals surface area contributed by atoms with Gasteiger partial charge in [0.25, 0.3) is 0 Å². The van der Waals surface area contributed by atoms with Gasteiger partial charge < -0.3 is 15.4 Å². The molecular formula is C15H24N2O. The topological polar surface area (TPSA) is 38.5 Å². The Morgan fingerprint density at radius 2 is 1.94 bits per heavy atom. The van der Waals surface area contributed by atoms with E-state index in [-0.39, 0.29) is 11.5 Å². The minimum Gasteiger partial charge on any atom is -0.373 e. The average molecular weight is 248 g/mol. The molecular weight excluding hydrogens is 224 g/mol. The number of ether oxygens (including phenoxy) is 1. The lowest BCUT2D eigenvalue weighted by Crippen LogP contribution is -2.45. The average Bonchev–Trinajstić information content (AvgIpc) is 2.38. The number of nitrogens with zero attached hydrogens (tertiary/aromatic N) is 1. The van der Waals surface area contributed by atoms with Crippen LogP contribution < -0.4 is 10.6 Å². The molecule has 0 radical (unpaired) electrons. The summed E-state index contributed by atoms with van der Waals surface area (Å²) < 4.78 is 5.59. The van der Waals surface area contributed by atoms with Crippen LogP contribution in [0.15, 0.2) is 24.3 Å². The zero-order chi connectivity index (χ0) is 13.2. The summed E-state index contributed by atoms with van der Waals surface area (Å²) in [6, 6.07) is 8.86. The number of morpholine rings is 1. The molecule has 18 heavy (non-hydrogen) atoms. The van der Waals surface area contributed by atoms with E-state index in [2.05, 4.69) is 49.9 Å². The molecule has 0 amide bonds. The fourth-order valence-electron chi connectivity index (χ4n) is 2.27. The molecule has 0 saturated carbocycles. The Morgan fingerprint density at radius 3 is 2.50 bits per heavy atom. The lowest BCUT2D eigenvalue weighted by Gasteiger charge is -2.34. The summed E-state index contributed by atoms with van der Waals surface area (Å²) in [5.41, 5.74) is 8.52. The van der Waals surface area contributed by atoms with Gasteiger partial charge in [0.2, 0.25) is 0 Å². The van der Waals surface area contributed by atoms with E-state index in [1.165, 1.54) is 11.3 Å². The summed E-state index contributed by atoms with van der Waals surface area (Å²) in [6.45, 7) is 9.92. The normalized spacial score (nSPS) is 21.1. The number of anilines is 1. The maximum Gasteiger partial charge on any atom is 0.0872 e. The van der Waals surface area contributed by atoms with Crippen molar-refractivity contribution in [2.75, 3.05) is 31.1 Å². The van der Waals surface area contributed by atoms with Crippen LogP contribution in [0, 0.1) is 0 Å². The third-order valence-electron chi connectivity index (χ3n) is 3.50. The number of rotatable bonds is 2. The zero-order valence-corrected chi connectivity index (χ0v) is 11.6. The quantitative estimate of drug-likeness (QED) is 0.871. The summed E-state index contributed by atoms with van der Waals surface area (Å²) in [5.74, 6) is 0. The molecule has 0 aliphatic carbocycles. The molecule has 1 heterocycles. The molecule has 2 rings (SSSR count). The van der Waals surface area contributed by atoms with Gasteiger partial charge in [0.1, 0.15) is 0 Å². The highest BCUT2D eigenvalue weighted by Crippen LogP contribution is 2.25. The van der Waals surface area contributed by atoms with Gasteiger partial charge in [-0.2, -0.15) is 0 Å². The van der Waals surface area contributed by atoms with E-state index < -0.39 is 0 Å². The van der Waals surface area contributed by atoms with E-state index in [4.69, 9.17) is 10.5 Å². The lowest BCUT2D eigenvalue weighted by molar-refractivity contribution is 0.0466. The SMILES string of the molecule is CC(C)(C)c1ccc(N2CCOC(CN)C2)cc1. The molecule has 0 spiro atoms. The Balaban J connectivity index is 2.09. The Labute approximate surface area is 110 Å². The van der Waals surface area contributed by atoms with Crippen LogP contribution in [0.1, 0.15) is 26.3 Å². The molecule has 1 aromatic carbocycles. The molecule has 3 heteroatoms. The molecule has 0 aromatic heterocycles. The van der Waals surface area contributed by atoms with Gasteiger partial charge >= 0.3 is 0 Å². The molecule has 0 bridgehead atoms. The second-order valence-corrected chi connectivity index (χ2v) is 5.97. The maximum atomic E-state index is 5.67. The van der Waals surface area contributed by atoms with Crippen molar-refractivity contribution >= 4 is 5.69 Å². The second kappa shape index (κ2) is 5.29. The molecule has 3 nitrogen and oxygen atoms in total. The lowest BCUT2D eigenvalue weighted by atomic mass is 9.87.